The maximum Gasteiger partial charge on any atom is 0.330 e. The van der Waals surface area contributed by atoms with E-state index < -0.39 is 29.4 Å². The van der Waals surface area contributed by atoms with Gasteiger partial charge >= 0.3 is 5.97 Å². The second-order valence-electron chi connectivity index (χ2n) is 11.7. The standard InChI is InChI=1S/C39H55ClN2O7/c1-4-5-6-7-8-9-10-11-12-13-14-15-16-17-18-19-20-21-22-23-36(45)41-28-35(37(46)48-31-32(29-43)30-44)42-38(47)39(2,3)49-34-26-24-33(40)25-27-34/h5-6,8-9,11-12,14-15,17-18,20-21,24-27,32,35,43-44H,4,7,10,13,16,19,22-23,28-31H2,1-3H3,(H,41,45)(H,42,47). The Balaban J connectivity index is 2.47. The Kier molecular flexibility index (Phi) is 23.7. The van der Waals surface area contributed by atoms with Gasteiger partial charge in [-0.15, -0.1) is 0 Å². The zero-order chi connectivity index (χ0) is 36.2. The number of benzene rings is 1. The number of aliphatic hydroxyl groups excluding tert-OH is 2. The van der Waals surface area contributed by atoms with Crippen molar-refractivity contribution in [3.63, 3.8) is 0 Å². The number of nitrogens with one attached hydrogen (secondary N) is 2. The largest absolute Gasteiger partial charge is 0.478 e. The van der Waals surface area contributed by atoms with Crippen LogP contribution in [0.25, 0.3) is 0 Å². The van der Waals surface area contributed by atoms with Crippen LogP contribution in [0.1, 0.15) is 72.1 Å². The zero-order valence-electron chi connectivity index (χ0n) is 29.2. The second kappa shape index (κ2) is 27.0. The number of aliphatic hydroxyl groups is 2. The first-order valence-electron chi connectivity index (χ1n) is 16.9. The molecular formula is C39H55ClN2O7. The van der Waals surface area contributed by atoms with E-state index >= 15 is 0 Å². The highest BCUT2D eigenvalue weighted by Crippen LogP contribution is 2.21. The lowest BCUT2D eigenvalue weighted by Gasteiger charge is -2.28. The molecule has 0 saturated carbocycles. The normalized spacial score (nSPS) is 13.1. The molecule has 1 aromatic carbocycles. The molecule has 0 fully saturated rings. The molecule has 1 rings (SSSR count). The molecule has 4 N–H and O–H groups in total. The van der Waals surface area contributed by atoms with Crippen LogP contribution in [0.5, 0.6) is 5.75 Å². The third-order valence-corrected chi connectivity index (χ3v) is 7.19. The second-order valence-corrected chi connectivity index (χ2v) is 12.1. The molecule has 0 spiro atoms. The van der Waals surface area contributed by atoms with Crippen molar-refractivity contribution in [3.05, 3.63) is 102 Å². The lowest BCUT2D eigenvalue weighted by molar-refractivity contribution is -0.151. The summed E-state index contributed by atoms with van der Waals surface area (Å²) in [6.07, 6.45) is 31.7. The number of allylic oxidation sites excluding steroid dienone is 12. The van der Waals surface area contributed by atoms with Crippen LogP contribution in [0.4, 0.5) is 0 Å². The lowest BCUT2D eigenvalue weighted by atomic mass is 10.1. The van der Waals surface area contributed by atoms with Crippen LogP contribution in [0, 0.1) is 5.92 Å². The highest BCUT2D eigenvalue weighted by molar-refractivity contribution is 6.30. The number of esters is 1. The van der Waals surface area contributed by atoms with Crippen molar-refractivity contribution >= 4 is 29.4 Å². The van der Waals surface area contributed by atoms with Crippen LogP contribution in [0.3, 0.4) is 0 Å². The van der Waals surface area contributed by atoms with Gasteiger partial charge in [-0.25, -0.2) is 4.79 Å². The summed E-state index contributed by atoms with van der Waals surface area (Å²) < 4.78 is 11.0. The number of rotatable bonds is 25. The molecule has 0 saturated heterocycles. The summed E-state index contributed by atoms with van der Waals surface area (Å²) in [5.74, 6) is -2.00. The SMILES string of the molecule is CCC=CCC=CCC=CCC=CCC=CCC=CCCC(=O)NCC(NC(=O)C(C)(C)Oc1ccc(Cl)cc1)C(=O)OCC(CO)CO. The molecule has 0 aromatic heterocycles. The van der Waals surface area contributed by atoms with E-state index in [0.29, 0.717) is 17.2 Å². The first-order valence-corrected chi connectivity index (χ1v) is 17.3. The molecule has 0 aliphatic carbocycles. The van der Waals surface area contributed by atoms with E-state index in [1.54, 1.807) is 24.3 Å². The van der Waals surface area contributed by atoms with Crippen molar-refractivity contribution in [3.8, 4) is 5.75 Å². The Morgan fingerprint density at radius 1 is 0.796 bits per heavy atom. The molecule has 0 bridgehead atoms. The van der Waals surface area contributed by atoms with E-state index in [1.165, 1.54) is 13.8 Å². The summed E-state index contributed by atoms with van der Waals surface area (Å²) in [6.45, 7) is 3.98. The number of carbonyl (C=O) groups is 3. The maximum atomic E-state index is 13.1. The summed E-state index contributed by atoms with van der Waals surface area (Å²) in [7, 11) is 0. The van der Waals surface area contributed by atoms with Crippen molar-refractivity contribution in [1.29, 1.82) is 0 Å². The smallest absolute Gasteiger partial charge is 0.330 e. The Morgan fingerprint density at radius 3 is 1.78 bits per heavy atom. The maximum absolute atomic E-state index is 13.1. The summed E-state index contributed by atoms with van der Waals surface area (Å²) in [6, 6.07) is 5.25. The molecular weight excluding hydrogens is 644 g/mol. The van der Waals surface area contributed by atoms with Gasteiger partial charge in [0.15, 0.2) is 5.60 Å². The van der Waals surface area contributed by atoms with Gasteiger partial charge in [0.2, 0.25) is 5.91 Å². The third kappa shape index (κ3) is 21.6. The fourth-order valence-electron chi connectivity index (χ4n) is 3.99. The molecule has 49 heavy (non-hydrogen) atoms. The number of ether oxygens (including phenoxy) is 2. The van der Waals surface area contributed by atoms with Gasteiger partial charge in [-0.3, -0.25) is 9.59 Å². The van der Waals surface area contributed by atoms with E-state index in [2.05, 4.69) is 78.3 Å². The molecule has 0 radical (unpaired) electrons. The minimum absolute atomic E-state index is 0.195. The van der Waals surface area contributed by atoms with Gasteiger partial charge < -0.3 is 30.3 Å². The topological polar surface area (TPSA) is 134 Å². The predicted octanol–water partition coefficient (Wildman–Crippen LogP) is 6.72. The van der Waals surface area contributed by atoms with Gasteiger partial charge in [-0.2, -0.15) is 0 Å². The molecule has 9 nitrogen and oxygen atoms in total. The molecule has 270 valence electrons. The quantitative estimate of drug-likeness (QED) is 0.0658. The first kappa shape index (κ1) is 43.1. The average molecular weight is 699 g/mol. The van der Waals surface area contributed by atoms with E-state index in [9.17, 15) is 24.6 Å². The van der Waals surface area contributed by atoms with Crippen LogP contribution < -0.4 is 15.4 Å². The summed E-state index contributed by atoms with van der Waals surface area (Å²) in [5.41, 5.74) is -1.38. The fourth-order valence-corrected chi connectivity index (χ4v) is 4.12. The molecule has 1 aromatic rings. The highest BCUT2D eigenvalue weighted by Gasteiger charge is 2.34. The molecule has 1 unspecified atom stereocenters. The van der Waals surface area contributed by atoms with Crippen molar-refractivity contribution < 1.29 is 34.1 Å². The van der Waals surface area contributed by atoms with Crippen LogP contribution in [-0.4, -0.2) is 66.0 Å². The minimum Gasteiger partial charge on any atom is -0.478 e. The van der Waals surface area contributed by atoms with Gasteiger partial charge in [-0.05, 0) is 83.1 Å². The molecule has 0 heterocycles. The Hall–Kier alpha value is -3.92. The van der Waals surface area contributed by atoms with E-state index in [1.807, 2.05) is 12.2 Å². The minimum atomic E-state index is -1.38. The Bertz CT molecular complexity index is 1260. The van der Waals surface area contributed by atoms with E-state index in [-0.39, 0.29) is 38.7 Å². The first-order chi connectivity index (χ1) is 23.6. The van der Waals surface area contributed by atoms with Crippen LogP contribution in [0.2, 0.25) is 5.02 Å². The van der Waals surface area contributed by atoms with Crippen molar-refractivity contribution in [2.24, 2.45) is 5.92 Å². The van der Waals surface area contributed by atoms with E-state index in [0.717, 1.165) is 38.5 Å². The number of hydrogen-bond donors (Lipinski definition) is 4. The van der Waals surface area contributed by atoms with E-state index in [4.69, 9.17) is 21.1 Å². The van der Waals surface area contributed by atoms with Gasteiger partial charge in [0.1, 0.15) is 11.8 Å². The molecule has 0 aliphatic heterocycles. The van der Waals surface area contributed by atoms with Gasteiger partial charge in [0, 0.05) is 23.9 Å². The lowest BCUT2D eigenvalue weighted by Crippen LogP contribution is -2.56. The van der Waals surface area contributed by atoms with Gasteiger partial charge in [0.25, 0.3) is 5.91 Å². The molecule has 2 amide bonds. The number of amides is 2. The third-order valence-electron chi connectivity index (χ3n) is 6.94. The summed E-state index contributed by atoms with van der Waals surface area (Å²) >= 11 is 5.92. The number of carbonyl (C=O) groups excluding carboxylic acids is 3. The predicted molar refractivity (Wildman–Crippen MR) is 197 cm³/mol. The van der Waals surface area contributed by atoms with Gasteiger partial charge in [-0.1, -0.05) is 91.4 Å². The highest BCUT2D eigenvalue weighted by atomic mass is 35.5. The van der Waals surface area contributed by atoms with Crippen LogP contribution >= 0.6 is 11.6 Å². The zero-order valence-corrected chi connectivity index (χ0v) is 29.9. The summed E-state index contributed by atoms with van der Waals surface area (Å²) in [4.78, 5) is 38.5. The van der Waals surface area contributed by atoms with Gasteiger partial charge in [0.05, 0.1) is 19.8 Å². The summed E-state index contributed by atoms with van der Waals surface area (Å²) in [5, 5.41) is 24.4. The molecule has 10 heteroatoms. The average Bonchev–Trinajstić information content (AvgIpc) is 3.08. The van der Waals surface area contributed by atoms with Crippen molar-refractivity contribution in [1.82, 2.24) is 10.6 Å². The van der Waals surface area contributed by atoms with Crippen molar-refractivity contribution in [2.45, 2.75) is 83.8 Å². The van der Waals surface area contributed by atoms with Crippen molar-refractivity contribution in [2.75, 3.05) is 26.4 Å². The Morgan fingerprint density at radius 2 is 1.29 bits per heavy atom. The number of halogens is 1. The molecule has 1 atom stereocenters. The monoisotopic (exact) mass is 698 g/mol. The number of hydrogen-bond acceptors (Lipinski definition) is 7. The fraction of sp³-hybridized carbons (Fsp3) is 0.462. The Labute approximate surface area is 297 Å². The van der Waals surface area contributed by atoms with Crippen LogP contribution in [0.15, 0.2) is 97.2 Å². The molecule has 0 aliphatic rings. The van der Waals surface area contributed by atoms with Crippen LogP contribution in [-0.2, 0) is 19.1 Å².